The highest BCUT2D eigenvalue weighted by Gasteiger charge is 2.18. The highest BCUT2D eigenvalue weighted by molar-refractivity contribution is 14.1. The Hall–Kier alpha value is 0.250. The molecule has 0 aliphatic rings. The minimum absolute atomic E-state index is 0.116. The molecule has 5 heteroatoms. The molecule has 0 atom stereocenters. The number of oxime groups is 1. The molecule has 88 valence electrons. The van der Waals surface area contributed by atoms with E-state index in [1.54, 1.807) is 11.8 Å². The Bertz CT molecular complexity index is 415. The standard InChI is InChI=1S/C11H13BrINOS/c1-11(2,3)16-10-7(6-14-15)4-5-8(13)9(10)12/h4-6,15H,1-3H3/b14-6+. The summed E-state index contributed by atoms with van der Waals surface area (Å²) >= 11 is 7.62. The topological polar surface area (TPSA) is 32.6 Å². The Labute approximate surface area is 122 Å². The number of hydrogen-bond donors (Lipinski definition) is 1. The third-order valence-corrected chi connectivity index (χ3v) is 5.67. The van der Waals surface area contributed by atoms with Crippen LogP contribution in [0.25, 0.3) is 0 Å². The molecule has 0 fully saturated rings. The number of nitrogens with zero attached hydrogens (tertiary/aromatic N) is 1. The van der Waals surface area contributed by atoms with Crippen LogP contribution in [0.2, 0.25) is 0 Å². The van der Waals surface area contributed by atoms with Gasteiger partial charge >= 0.3 is 0 Å². The third-order valence-electron chi connectivity index (χ3n) is 1.69. The SMILES string of the molecule is CC(C)(C)Sc1c(/C=N/O)ccc(I)c1Br. The van der Waals surface area contributed by atoms with E-state index in [-0.39, 0.29) is 4.75 Å². The minimum atomic E-state index is 0.116. The van der Waals surface area contributed by atoms with Crippen molar-refractivity contribution in [3.8, 4) is 0 Å². The zero-order valence-electron chi connectivity index (χ0n) is 9.29. The van der Waals surface area contributed by atoms with Gasteiger partial charge in [0.05, 0.1) is 6.21 Å². The maximum absolute atomic E-state index is 8.65. The molecule has 0 spiro atoms. The van der Waals surface area contributed by atoms with Crippen molar-refractivity contribution in [2.75, 3.05) is 0 Å². The average Bonchev–Trinajstić information content (AvgIpc) is 2.16. The Balaban J connectivity index is 3.26. The molecular weight excluding hydrogens is 401 g/mol. The summed E-state index contributed by atoms with van der Waals surface area (Å²) in [5.41, 5.74) is 0.926. The zero-order valence-corrected chi connectivity index (χ0v) is 13.9. The Kier molecular flexibility index (Phi) is 5.12. The summed E-state index contributed by atoms with van der Waals surface area (Å²) in [7, 11) is 0. The quantitative estimate of drug-likeness (QED) is 0.249. The van der Waals surface area contributed by atoms with Crippen molar-refractivity contribution < 1.29 is 5.21 Å². The lowest BCUT2D eigenvalue weighted by Crippen LogP contribution is -2.08. The van der Waals surface area contributed by atoms with Crippen LogP contribution in [0.3, 0.4) is 0 Å². The van der Waals surface area contributed by atoms with E-state index in [1.807, 2.05) is 12.1 Å². The van der Waals surface area contributed by atoms with Crippen LogP contribution in [0.4, 0.5) is 0 Å². The number of halogens is 2. The summed E-state index contributed by atoms with van der Waals surface area (Å²) < 4.78 is 2.33. The average molecular weight is 414 g/mol. The minimum Gasteiger partial charge on any atom is -0.411 e. The van der Waals surface area contributed by atoms with Gasteiger partial charge < -0.3 is 5.21 Å². The van der Waals surface area contributed by atoms with Crippen LogP contribution < -0.4 is 0 Å². The summed E-state index contributed by atoms with van der Waals surface area (Å²) in [5.74, 6) is 0. The van der Waals surface area contributed by atoms with Crippen LogP contribution in [-0.2, 0) is 0 Å². The normalized spacial score (nSPS) is 12.3. The Morgan fingerprint density at radius 1 is 1.44 bits per heavy atom. The van der Waals surface area contributed by atoms with Crippen molar-refractivity contribution in [2.24, 2.45) is 5.16 Å². The van der Waals surface area contributed by atoms with Crippen molar-refractivity contribution in [1.29, 1.82) is 0 Å². The molecular formula is C11H13BrINOS. The predicted octanol–water partition coefficient (Wildman–Crippen LogP) is 4.75. The largest absolute Gasteiger partial charge is 0.411 e. The Morgan fingerprint density at radius 3 is 2.56 bits per heavy atom. The molecule has 0 aliphatic heterocycles. The van der Waals surface area contributed by atoms with E-state index >= 15 is 0 Å². The molecule has 0 saturated carbocycles. The van der Waals surface area contributed by atoms with Crippen LogP contribution >= 0.6 is 50.3 Å². The van der Waals surface area contributed by atoms with Gasteiger partial charge in [0.2, 0.25) is 0 Å². The molecule has 0 saturated heterocycles. The first-order chi connectivity index (χ1) is 7.35. The van der Waals surface area contributed by atoms with E-state index in [4.69, 9.17) is 5.21 Å². The third kappa shape index (κ3) is 3.92. The number of benzene rings is 1. The lowest BCUT2D eigenvalue weighted by Gasteiger charge is -2.20. The summed E-state index contributed by atoms with van der Waals surface area (Å²) in [6, 6.07) is 3.95. The maximum atomic E-state index is 8.65. The molecule has 0 heterocycles. The van der Waals surface area contributed by atoms with Crippen LogP contribution in [0.15, 0.2) is 26.7 Å². The predicted molar refractivity (Wildman–Crippen MR) is 81.8 cm³/mol. The van der Waals surface area contributed by atoms with Gasteiger partial charge in [-0.3, -0.25) is 0 Å². The van der Waals surface area contributed by atoms with Crippen molar-refractivity contribution in [3.63, 3.8) is 0 Å². The molecule has 1 N–H and O–H groups in total. The first kappa shape index (κ1) is 14.3. The molecule has 2 nitrogen and oxygen atoms in total. The molecule has 16 heavy (non-hydrogen) atoms. The van der Waals surface area contributed by atoms with E-state index in [9.17, 15) is 0 Å². The van der Waals surface area contributed by atoms with E-state index in [0.717, 1.165) is 18.5 Å². The monoisotopic (exact) mass is 413 g/mol. The van der Waals surface area contributed by atoms with Gasteiger partial charge in [0.25, 0.3) is 0 Å². The van der Waals surface area contributed by atoms with Crippen molar-refractivity contribution >= 4 is 56.5 Å². The molecule has 1 aromatic carbocycles. The zero-order chi connectivity index (χ0) is 12.3. The summed E-state index contributed by atoms with van der Waals surface area (Å²) in [6.07, 6.45) is 1.47. The second-order valence-electron chi connectivity index (χ2n) is 4.24. The van der Waals surface area contributed by atoms with Crippen LogP contribution in [0, 0.1) is 3.57 Å². The highest BCUT2D eigenvalue weighted by Crippen LogP contribution is 2.40. The summed E-state index contributed by atoms with van der Waals surface area (Å²) in [4.78, 5) is 1.11. The smallest absolute Gasteiger partial charge is 0.0745 e. The molecule has 0 amide bonds. The fourth-order valence-electron chi connectivity index (χ4n) is 1.12. The highest BCUT2D eigenvalue weighted by atomic mass is 127. The maximum Gasteiger partial charge on any atom is 0.0745 e. The van der Waals surface area contributed by atoms with E-state index in [0.29, 0.717) is 0 Å². The number of rotatable bonds is 2. The van der Waals surface area contributed by atoms with Gasteiger partial charge in [-0.25, -0.2) is 0 Å². The van der Waals surface area contributed by atoms with Gasteiger partial charge in [0, 0.05) is 23.2 Å². The second kappa shape index (κ2) is 5.73. The van der Waals surface area contributed by atoms with E-state index in [2.05, 4.69) is 64.4 Å². The molecule has 0 unspecified atom stereocenters. The van der Waals surface area contributed by atoms with Gasteiger partial charge in [-0.2, -0.15) is 0 Å². The number of hydrogen-bond acceptors (Lipinski definition) is 3. The van der Waals surface area contributed by atoms with Gasteiger partial charge in [0.1, 0.15) is 0 Å². The Morgan fingerprint density at radius 2 is 2.06 bits per heavy atom. The van der Waals surface area contributed by atoms with Crippen LogP contribution in [0.5, 0.6) is 0 Å². The lowest BCUT2D eigenvalue weighted by molar-refractivity contribution is 0.321. The van der Waals surface area contributed by atoms with E-state index in [1.165, 1.54) is 6.21 Å². The van der Waals surface area contributed by atoms with E-state index < -0.39 is 0 Å². The van der Waals surface area contributed by atoms with Gasteiger partial charge in [-0.15, -0.1) is 11.8 Å². The van der Waals surface area contributed by atoms with Gasteiger partial charge in [0.15, 0.2) is 0 Å². The molecule has 0 radical (unpaired) electrons. The van der Waals surface area contributed by atoms with Crippen LogP contribution in [0.1, 0.15) is 26.3 Å². The number of thioether (sulfide) groups is 1. The van der Waals surface area contributed by atoms with Crippen molar-refractivity contribution in [1.82, 2.24) is 0 Å². The van der Waals surface area contributed by atoms with Crippen LogP contribution in [-0.4, -0.2) is 16.2 Å². The second-order valence-corrected chi connectivity index (χ2v) is 8.03. The summed E-state index contributed by atoms with van der Waals surface area (Å²) in [6.45, 7) is 6.47. The fourth-order valence-corrected chi connectivity index (χ4v) is 3.41. The lowest BCUT2D eigenvalue weighted by atomic mass is 10.2. The molecule has 0 bridgehead atoms. The van der Waals surface area contributed by atoms with Crippen molar-refractivity contribution in [2.45, 2.75) is 30.4 Å². The molecule has 1 aromatic rings. The summed E-state index contributed by atoms with van der Waals surface area (Å²) in [5, 5.41) is 11.8. The van der Waals surface area contributed by atoms with Gasteiger partial charge in [-0.05, 0) is 44.6 Å². The first-order valence-corrected chi connectivity index (χ1v) is 7.38. The fraction of sp³-hybridized carbons (Fsp3) is 0.364. The molecule has 0 aliphatic carbocycles. The van der Waals surface area contributed by atoms with Gasteiger partial charge in [-0.1, -0.05) is 32.0 Å². The first-order valence-electron chi connectivity index (χ1n) is 4.69. The van der Waals surface area contributed by atoms with Crippen molar-refractivity contribution in [3.05, 3.63) is 25.7 Å². The molecule has 1 rings (SSSR count). The molecule has 0 aromatic heterocycles.